The number of nitrogens with zero attached hydrogens (tertiary/aromatic N) is 3. The van der Waals surface area contributed by atoms with Gasteiger partial charge in [-0.25, -0.2) is 4.79 Å². The number of rotatable bonds is 0. The summed E-state index contributed by atoms with van der Waals surface area (Å²) >= 11 is 1.29. The number of hydrogen-bond acceptors (Lipinski definition) is 4. The largest absolute Gasteiger partial charge is 0.332 e. The van der Waals surface area contributed by atoms with Crippen LogP contribution < -0.4 is 11.2 Å². The van der Waals surface area contributed by atoms with E-state index in [1.54, 1.807) is 7.05 Å². The average Bonchev–Trinajstić information content (AvgIpc) is 2.67. The van der Waals surface area contributed by atoms with Gasteiger partial charge in [0.1, 0.15) is 0 Å². The molecule has 2 aromatic rings. The van der Waals surface area contributed by atoms with Gasteiger partial charge in [0.2, 0.25) is 0 Å². The molecule has 0 radical (unpaired) electrons. The molecule has 0 aliphatic rings. The summed E-state index contributed by atoms with van der Waals surface area (Å²) in [5, 5.41) is 0.562. The van der Waals surface area contributed by atoms with E-state index in [0.29, 0.717) is 11.0 Å². The Hall–Kier alpha value is -1.43. The first kappa shape index (κ1) is 12.0. The molecule has 0 atom stereocenters. The van der Waals surface area contributed by atoms with Crippen molar-refractivity contribution in [2.24, 2.45) is 14.1 Å². The van der Waals surface area contributed by atoms with Crippen LogP contribution in [-0.2, 0) is 19.5 Å². The zero-order valence-electron chi connectivity index (χ0n) is 10.6. The predicted octanol–water partition coefficient (Wildman–Crippen LogP) is 0.991. The van der Waals surface area contributed by atoms with Gasteiger partial charge in [-0.05, 0) is 16.9 Å². The molecule has 0 bridgehead atoms. The van der Waals surface area contributed by atoms with Crippen LogP contribution in [0.5, 0.6) is 0 Å². The topological polar surface area (TPSA) is 56.9 Å². The van der Waals surface area contributed by atoms with Crippen molar-refractivity contribution in [3.8, 4) is 0 Å². The van der Waals surface area contributed by atoms with Crippen molar-refractivity contribution in [3.05, 3.63) is 25.7 Å². The van der Waals surface area contributed by atoms with Gasteiger partial charge in [0.05, 0.1) is 5.39 Å². The minimum Gasteiger partial charge on any atom is -0.280 e. The lowest BCUT2D eigenvalue weighted by Gasteiger charge is -2.15. The molecule has 0 aliphatic heterocycles. The summed E-state index contributed by atoms with van der Waals surface area (Å²) in [5.41, 5.74) is -0.272. The molecule has 0 fully saturated rings. The Morgan fingerprint density at radius 1 is 1.12 bits per heavy atom. The van der Waals surface area contributed by atoms with E-state index in [-0.39, 0.29) is 16.7 Å². The quantitative estimate of drug-likeness (QED) is 0.703. The summed E-state index contributed by atoms with van der Waals surface area (Å²) in [4.78, 5) is 24.8. The predicted molar refractivity (Wildman–Crippen MR) is 68.8 cm³/mol. The Morgan fingerprint density at radius 2 is 1.71 bits per heavy atom. The zero-order valence-corrected chi connectivity index (χ0v) is 11.4. The van der Waals surface area contributed by atoms with Gasteiger partial charge in [-0.2, -0.15) is 4.37 Å². The van der Waals surface area contributed by atoms with Crippen LogP contribution in [-0.4, -0.2) is 13.5 Å². The molecule has 6 heteroatoms. The normalized spacial score (nSPS) is 12.3. The highest BCUT2D eigenvalue weighted by atomic mass is 32.1. The van der Waals surface area contributed by atoms with Crippen molar-refractivity contribution >= 4 is 22.6 Å². The van der Waals surface area contributed by atoms with Crippen LogP contribution in [0.4, 0.5) is 0 Å². The second-order valence-electron chi connectivity index (χ2n) is 5.17. The van der Waals surface area contributed by atoms with Gasteiger partial charge in [0.25, 0.3) is 5.56 Å². The van der Waals surface area contributed by atoms with Gasteiger partial charge in [-0.3, -0.25) is 13.9 Å². The average molecular weight is 253 g/mol. The Bertz CT molecular complexity index is 700. The van der Waals surface area contributed by atoms with E-state index in [9.17, 15) is 9.59 Å². The smallest absolute Gasteiger partial charge is 0.280 e. The maximum atomic E-state index is 12.1. The van der Waals surface area contributed by atoms with Gasteiger partial charge in [-0.1, -0.05) is 20.8 Å². The second kappa shape index (κ2) is 3.53. The summed E-state index contributed by atoms with van der Waals surface area (Å²) < 4.78 is 6.79. The van der Waals surface area contributed by atoms with Crippen LogP contribution in [0.15, 0.2) is 9.59 Å². The first-order chi connectivity index (χ1) is 7.75. The molecule has 17 heavy (non-hydrogen) atoms. The standard InChI is InChI=1S/C11H15N3O2S/c1-11(2,3)7-6-8(12-17-7)13(4)10(16)14(5)9(6)15/h1-5H3. The van der Waals surface area contributed by atoms with E-state index in [0.717, 1.165) is 9.44 Å². The molecule has 2 rings (SSSR count). The number of aromatic nitrogens is 3. The third-order valence-corrected chi connectivity index (χ3v) is 4.03. The van der Waals surface area contributed by atoms with Crippen LogP contribution in [0.25, 0.3) is 11.0 Å². The molecule has 2 heterocycles. The first-order valence-electron chi connectivity index (χ1n) is 5.31. The highest BCUT2D eigenvalue weighted by molar-refractivity contribution is 7.07. The Kier molecular flexibility index (Phi) is 2.50. The van der Waals surface area contributed by atoms with Crippen LogP contribution in [0, 0.1) is 0 Å². The molecule has 92 valence electrons. The van der Waals surface area contributed by atoms with Gasteiger partial charge >= 0.3 is 5.69 Å². The zero-order chi connectivity index (χ0) is 13.0. The lowest BCUT2D eigenvalue weighted by molar-refractivity contribution is 0.606. The molecular weight excluding hydrogens is 238 g/mol. The number of aryl methyl sites for hydroxylation is 1. The van der Waals surface area contributed by atoms with Gasteiger partial charge in [-0.15, -0.1) is 0 Å². The van der Waals surface area contributed by atoms with Crippen LogP contribution in [0.2, 0.25) is 0 Å². The Labute approximate surface area is 102 Å². The van der Waals surface area contributed by atoms with E-state index in [4.69, 9.17) is 0 Å². The molecule has 0 amide bonds. The number of hydrogen-bond donors (Lipinski definition) is 0. The van der Waals surface area contributed by atoms with Crippen molar-refractivity contribution in [2.45, 2.75) is 26.2 Å². The van der Waals surface area contributed by atoms with Gasteiger partial charge in [0.15, 0.2) is 5.65 Å². The molecule has 0 aromatic carbocycles. The van der Waals surface area contributed by atoms with E-state index < -0.39 is 0 Å². The maximum Gasteiger partial charge on any atom is 0.332 e. The Morgan fingerprint density at radius 3 is 2.24 bits per heavy atom. The summed E-state index contributed by atoms with van der Waals surface area (Å²) in [7, 11) is 3.13. The first-order valence-corrected chi connectivity index (χ1v) is 6.08. The molecule has 2 aromatic heterocycles. The number of fused-ring (bicyclic) bond motifs is 1. The summed E-state index contributed by atoms with van der Waals surface area (Å²) in [6.45, 7) is 6.10. The molecule has 5 nitrogen and oxygen atoms in total. The minimum atomic E-state index is -0.340. The molecule has 0 spiro atoms. The lowest BCUT2D eigenvalue weighted by Crippen LogP contribution is -2.37. The molecular formula is C11H15N3O2S. The van der Waals surface area contributed by atoms with E-state index in [2.05, 4.69) is 4.37 Å². The van der Waals surface area contributed by atoms with E-state index in [1.807, 2.05) is 20.8 Å². The second-order valence-corrected chi connectivity index (χ2v) is 5.94. The van der Waals surface area contributed by atoms with E-state index in [1.165, 1.54) is 23.1 Å². The molecule has 0 saturated heterocycles. The van der Waals surface area contributed by atoms with E-state index >= 15 is 0 Å². The highest BCUT2D eigenvalue weighted by Crippen LogP contribution is 2.30. The third-order valence-electron chi connectivity index (χ3n) is 2.77. The van der Waals surface area contributed by atoms with Crippen molar-refractivity contribution in [3.63, 3.8) is 0 Å². The summed E-state index contributed by atoms with van der Waals surface area (Å²) in [6.07, 6.45) is 0. The fourth-order valence-corrected chi connectivity index (χ4v) is 2.72. The molecule has 0 aliphatic carbocycles. The van der Waals surface area contributed by atoms with Crippen molar-refractivity contribution < 1.29 is 0 Å². The summed E-state index contributed by atoms with van der Waals surface area (Å²) in [6, 6.07) is 0. The monoisotopic (exact) mass is 253 g/mol. The van der Waals surface area contributed by atoms with Crippen LogP contribution in [0.3, 0.4) is 0 Å². The van der Waals surface area contributed by atoms with Gasteiger partial charge < -0.3 is 0 Å². The van der Waals surface area contributed by atoms with Crippen molar-refractivity contribution in [1.82, 2.24) is 13.5 Å². The van der Waals surface area contributed by atoms with Gasteiger partial charge in [0, 0.05) is 19.0 Å². The Balaban J connectivity index is 3.07. The molecule has 0 saturated carbocycles. The highest BCUT2D eigenvalue weighted by Gasteiger charge is 2.24. The SMILES string of the molecule is Cn1c(=O)c2c(C(C)(C)C)snc2n(C)c1=O. The van der Waals surface area contributed by atoms with Crippen molar-refractivity contribution in [1.29, 1.82) is 0 Å². The molecule has 0 N–H and O–H groups in total. The van der Waals surface area contributed by atoms with Crippen LogP contribution in [0.1, 0.15) is 25.6 Å². The summed E-state index contributed by atoms with van der Waals surface area (Å²) in [5.74, 6) is 0. The van der Waals surface area contributed by atoms with Crippen molar-refractivity contribution in [2.75, 3.05) is 0 Å². The fraction of sp³-hybridized carbons (Fsp3) is 0.545. The molecule has 0 unspecified atom stereocenters. The fourth-order valence-electron chi connectivity index (χ4n) is 1.79. The lowest BCUT2D eigenvalue weighted by atomic mass is 9.93. The maximum absolute atomic E-state index is 12.1. The minimum absolute atomic E-state index is 0.150. The van der Waals surface area contributed by atoms with Crippen LogP contribution >= 0.6 is 11.5 Å². The third kappa shape index (κ3) is 1.63.